The lowest BCUT2D eigenvalue weighted by molar-refractivity contribution is -0.135. The van der Waals surface area contributed by atoms with Gasteiger partial charge in [0.15, 0.2) is 6.61 Å². The summed E-state index contributed by atoms with van der Waals surface area (Å²) in [6.07, 6.45) is 0.830. The van der Waals surface area contributed by atoms with Crippen LogP contribution in [0.25, 0.3) is 0 Å². The Bertz CT molecular complexity index is 1070. The quantitative estimate of drug-likeness (QED) is 0.609. The van der Waals surface area contributed by atoms with Crippen molar-refractivity contribution in [3.63, 3.8) is 0 Å². The van der Waals surface area contributed by atoms with Crippen LogP contribution in [-0.2, 0) is 29.0 Å². The molecule has 1 aliphatic rings. The van der Waals surface area contributed by atoms with Crippen molar-refractivity contribution in [2.45, 2.75) is 33.4 Å². The van der Waals surface area contributed by atoms with Crippen LogP contribution >= 0.6 is 0 Å². The summed E-state index contributed by atoms with van der Waals surface area (Å²) in [4.78, 5) is 27.0. The standard InChI is InChI=1S/C25H26N2O3/c1-18-14-23(19(2)27(18)15-20-8-4-3-5-9-20)25(29)30-17-24(28)26-13-12-21-10-6-7-11-22(21)16-26/h3-11,14H,12-13,15-17H2,1-2H3. The van der Waals surface area contributed by atoms with E-state index in [-0.39, 0.29) is 12.5 Å². The molecule has 0 atom stereocenters. The Balaban J connectivity index is 1.39. The van der Waals surface area contributed by atoms with Crippen LogP contribution < -0.4 is 0 Å². The SMILES string of the molecule is Cc1cc(C(=O)OCC(=O)N2CCc3ccccc3C2)c(C)n1Cc1ccccc1. The largest absolute Gasteiger partial charge is 0.452 e. The molecule has 2 aromatic carbocycles. The van der Waals surface area contributed by atoms with Gasteiger partial charge in [-0.15, -0.1) is 0 Å². The van der Waals surface area contributed by atoms with Crippen LogP contribution in [-0.4, -0.2) is 34.5 Å². The van der Waals surface area contributed by atoms with Gasteiger partial charge in [-0.1, -0.05) is 54.6 Å². The number of fused-ring (bicyclic) bond motifs is 1. The summed E-state index contributed by atoms with van der Waals surface area (Å²) in [5.41, 5.74) is 5.96. The van der Waals surface area contributed by atoms with Gasteiger partial charge in [-0.05, 0) is 43.0 Å². The molecule has 0 radical (unpaired) electrons. The van der Waals surface area contributed by atoms with E-state index >= 15 is 0 Å². The lowest BCUT2D eigenvalue weighted by Crippen LogP contribution is -2.38. The zero-order valence-corrected chi connectivity index (χ0v) is 17.4. The van der Waals surface area contributed by atoms with E-state index in [1.165, 1.54) is 11.1 Å². The van der Waals surface area contributed by atoms with E-state index in [4.69, 9.17) is 4.74 Å². The van der Waals surface area contributed by atoms with Crippen LogP contribution in [0.4, 0.5) is 0 Å². The molecule has 4 rings (SSSR count). The number of aryl methyl sites for hydroxylation is 1. The van der Waals surface area contributed by atoms with Crippen LogP contribution in [0.5, 0.6) is 0 Å². The van der Waals surface area contributed by atoms with Gasteiger partial charge in [0, 0.05) is 31.0 Å². The second-order valence-corrected chi connectivity index (χ2v) is 7.77. The molecule has 1 aliphatic heterocycles. The lowest BCUT2D eigenvalue weighted by atomic mass is 10.00. The molecule has 0 N–H and O–H groups in total. The van der Waals surface area contributed by atoms with Gasteiger partial charge in [0.25, 0.3) is 5.91 Å². The average molecular weight is 402 g/mol. The van der Waals surface area contributed by atoms with E-state index < -0.39 is 5.97 Å². The minimum atomic E-state index is -0.451. The highest BCUT2D eigenvalue weighted by atomic mass is 16.5. The van der Waals surface area contributed by atoms with Gasteiger partial charge in [0.1, 0.15) is 0 Å². The summed E-state index contributed by atoms with van der Waals surface area (Å²) in [6.45, 7) is 5.57. The van der Waals surface area contributed by atoms with Crippen LogP contribution in [0.3, 0.4) is 0 Å². The molecule has 1 amide bonds. The zero-order chi connectivity index (χ0) is 21.1. The topological polar surface area (TPSA) is 51.5 Å². The molecule has 0 saturated carbocycles. The Morgan fingerprint density at radius 3 is 2.43 bits per heavy atom. The highest BCUT2D eigenvalue weighted by Crippen LogP contribution is 2.20. The van der Waals surface area contributed by atoms with Crippen molar-refractivity contribution in [1.29, 1.82) is 0 Å². The first-order valence-electron chi connectivity index (χ1n) is 10.3. The third-order valence-corrected chi connectivity index (χ3v) is 5.79. The lowest BCUT2D eigenvalue weighted by Gasteiger charge is -2.28. The molecule has 5 heteroatoms. The molecule has 3 aromatic rings. The molecule has 154 valence electrons. The van der Waals surface area contributed by atoms with Gasteiger partial charge in [0.2, 0.25) is 0 Å². The van der Waals surface area contributed by atoms with Crippen molar-refractivity contribution in [3.8, 4) is 0 Å². The molecular formula is C25H26N2O3. The number of amides is 1. The Morgan fingerprint density at radius 2 is 1.67 bits per heavy atom. The highest BCUT2D eigenvalue weighted by molar-refractivity contribution is 5.92. The number of carbonyl (C=O) groups is 2. The van der Waals surface area contributed by atoms with E-state index in [0.717, 1.165) is 23.4 Å². The van der Waals surface area contributed by atoms with Crippen LogP contribution in [0.1, 0.15) is 38.4 Å². The number of nitrogens with zero attached hydrogens (tertiary/aromatic N) is 2. The Morgan fingerprint density at radius 1 is 0.967 bits per heavy atom. The molecule has 5 nitrogen and oxygen atoms in total. The van der Waals surface area contributed by atoms with Crippen LogP contribution in [0, 0.1) is 13.8 Å². The van der Waals surface area contributed by atoms with Crippen molar-refractivity contribution >= 4 is 11.9 Å². The first-order chi connectivity index (χ1) is 14.5. The fourth-order valence-corrected chi connectivity index (χ4v) is 4.02. The van der Waals surface area contributed by atoms with Crippen molar-refractivity contribution in [3.05, 3.63) is 94.3 Å². The normalized spacial score (nSPS) is 13.1. The maximum absolute atomic E-state index is 12.7. The van der Waals surface area contributed by atoms with Gasteiger partial charge >= 0.3 is 5.97 Å². The minimum Gasteiger partial charge on any atom is -0.452 e. The van der Waals surface area contributed by atoms with Gasteiger partial charge in [0.05, 0.1) is 5.56 Å². The molecular weight excluding hydrogens is 376 g/mol. The van der Waals surface area contributed by atoms with Gasteiger partial charge in [-0.2, -0.15) is 0 Å². The Labute approximate surface area is 176 Å². The summed E-state index contributed by atoms with van der Waals surface area (Å²) in [6, 6.07) is 20.1. The van der Waals surface area contributed by atoms with Crippen LogP contribution in [0.2, 0.25) is 0 Å². The summed E-state index contributed by atoms with van der Waals surface area (Å²) in [5.74, 6) is -0.607. The number of hydrogen-bond acceptors (Lipinski definition) is 3. The molecule has 0 unspecified atom stereocenters. The number of esters is 1. The second-order valence-electron chi connectivity index (χ2n) is 7.77. The molecule has 1 aromatic heterocycles. The Kier molecular flexibility index (Phi) is 5.70. The number of benzene rings is 2. The smallest absolute Gasteiger partial charge is 0.340 e. The average Bonchev–Trinajstić information content (AvgIpc) is 3.06. The zero-order valence-electron chi connectivity index (χ0n) is 17.4. The fourth-order valence-electron chi connectivity index (χ4n) is 4.02. The van der Waals surface area contributed by atoms with E-state index in [1.54, 1.807) is 4.90 Å². The Hall–Kier alpha value is -3.34. The molecule has 0 bridgehead atoms. The number of rotatable bonds is 5. The predicted octanol–water partition coefficient (Wildman–Crippen LogP) is 3.89. The van der Waals surface area contributed by atoms with Gasteiger partial charge in [-0.25, -0.2) is 4.79 Å². The van der Waals surface area contributed by atoms with Crippen molar-refractivity contribution in [1.82, 2.24) is 9.47 Å². The maximum atomic E-state index is 12.7. The van der Waals surface area contributed by atoms with E-state index in [1.807, 2.05) is 56.3 Å². The third-order valence-electron chi connectivity index (χ3n) is 5.79. The van der Waals surface area contributed by atoms with Crippen molar-refractivity contribution in [2.24, 2.45) is 0 Å². The number of ether oxygens (including phenoxy) is 1. The molecule has 0 saturated heterocycles. The first-order valence-corrected chi connectivity index (χ1v) is 10.3. The van der Waals surface area contributed by atoms with Crippen LogP contribution in [0.15, 0.2) is 60.7 Å². The summed E-state index contributed by atoms with van der Waals surface area (Å²) in [5, 5.41) is 0. The molecule has 0 aliphatic carbocycles. The highest BCUT2D eigenvalue weighted by Gasteiger charge is 2.23. The predicted molar refractivity (Wildman–Crippen MR) is 115 cm³/mol. The number of carbonyl (C=O) groups excluding carboxylic acids is 2. The first kappa shape index (κ1) is 20.0. The second kappa shape index (κ2) is 8.57. The number of hydrogen-bond donors (Lipinski definition) is 0. The summed E-state index contributed by atoms with van der Waals surface area (Å²) < 4.78 is 7.48. The molecule has 2 heterocycles. The van der Waals surface area contributed by atoms with E-state index in [2.05, 4.69) is 22.8 Å². The van der Waals surface area contributed by atoms with Crippen molar-refractivity contribution < 1.29 is 14.3 Å². The molecule has 0 fully saturated rings. The molecule has 30 heavy (non-hydrogen) atoms. The summed E-state index contributed by atoms with van der Waals surface area (Å²) >= 11 is 0. The third kappa shape index (κ3) is 4.15. The van der Waals surface area contributed by atoms with E-state index in [0.29, 0.717) is 25.2 Å². The number of aromatic nitrogens is 1. The monoisotopic (exact) mass is 402 g/mol. The summed E-state index contributed by atoms with van der Waals surface area (Å²) in [7, 11) is 0. The minimum absolute atomic E-state index is 0.157. The van der Waals surface area contributed by atoms with Gasteiger partial charge < -0.3 is 14.2 Å². The fraction of sp³-hybridized carbons (Fsp3) is 0.280. The maximum Gasteiger partial charge on any atom is 0.340 e. The van der Waals surface area contributed by atoms with Crippen molar-refractivity contribution in [2.75, 3.05) is 13.2 Å². The molecule has 0 spiro atoms. The van der Waals surface area contributed by atoms with E-state index in [9.17, 15) is 9.59 Å². The van der Waals surface area contributed by atoms with Gasteiger partial charge in [-0.3, -0.25) is 4.79 Å².